The van der Waals surface area contributed by atoms with Crippen molar-refractivity contribution in [2.24, 2.45) is 0 Å². The molecule has 3 atom stereocenters. The number of rotatable bonds is 17. The third kappa shape index (κ3) is 10.9. The molecule has 2 saturated heterocycles. The van der Waals surface area contributed by atoms with Crippen LogP contribution in [0.4, 0.5) is 0 Å². The van der Waals surface area contributed by atoms with Gasteiger partial charge >= 0.3 is 5.97 Å². The summed E-state index contributed by atoms with van der Waals surface area (Å²) in [5, 5.41) is 0. The Morgan fingerprint density at radius 3 is 2.04 bits per heavy atom. The van der Waals surface area contributed by atoms with Crippen LogP contribution >= 0.6 is 0 Å². The van der Waals surface area contributed by atoms with Crippen molar-refractivity contribution in [1.29, 1.82) is 0 Å². The van der Waals surface area contributed by atoms with E-state index in [1.54, 1.807) is 0 Å². The lowest BCUT2D eigenvalue weighted by molar-refractivity contribution is -0.144. The SMILES string of the molecule is CCCCCCCC[C@@H]1O[C@@H]1CCCCCCCC(=O)OC[C@@H]1CO1. The second kappa shape index (κ2) is 12.7. The van der Waals surface area contributed by atoms with Crippen LogP contribution in [0.2, 0.25) is 0 Å². The van der Waals surface area contributed by atoms with Gasteiger partial charge in [-0.2, -0.15) is 0 Å². The molecule has 4 heteroatoms. The molecule has 2 aliphatic rings. The number of carbonyl (C=O) groups is 1. The van der Waals surface area contributed by atoms with Crippen molar-refractivity contribution in [1.82, 2.24) is 0 Å². The van der Waals surface area contributed by atoms with Crippen LogP contribution in [0.3, 0.4) is 0 Å². The number of esters is 1. The molecule has 0 bridgehead atoms. The Balaban J connectivity index is 1.27. The topological polar surface area (TPSA) is 51.4 Å². The second-order valence-electron chi connectivity index (χ2n) is 7.71. The monoisotopic (exact) mass is 354 g/mol. The molecule has 0 unspecified atom stereocenters. The molecule has 0 aromatic rings. The minimum Gasteiger partial charge on any atom is -0.463 e. The minimum absolute atomic E-state index is 0.0700. The fourth-order valence-corrected chi connectivity index (χ4v) is 3.38. The Morgan fingerprint density at radius 2 is 1.44 bits per heavy atom. The van der Waals surface area contributed by atoms with Gasteiger partial charge in [0, 0.05) is 6.42 Å². The van der Waals surface area contributed by atoms with E-state index in [0.29, 0.717) is 25.2 Å². The van der Waals surface area contributed by atoms with E-state index in [1.807, 2.05) is 0 Å². The van der Waals surface area contributed by atoms with Crippen LogP contribution < -0.4 is 0 Å². The third-order valence-corrected chi connectivity index (χ3v) is 5.23. The lowest BCUT2D eigenvalue weighted by Gasteiger charge is -2.03. The maximum atomic E-state index is 11.5. The van der Waals surface area contributed by atoms with Crippen LogP contribution in [0, 0.1) is 0 Å². The van der Waals surface area contributed by atoms with Crippen LogP contribution in [-0.2, 0) is 19.0 Å². The molecule has 146 valence electrons. The number of unbranched alkanes of at least 4 members (excludes halogenated alkanes) is 9. The summed E-state index contributed by atoms with van der Waals surface area (Å²) in [7, 11) is 0. The molecule has 25 heavy (non-hydrogen) atoms. The zero-order valence-corrected chi connectivity index (χ0v) is 16.2. The molecule has 2 aliphatic heterocycles. The summed E-state index contributed by atoms with van der Waals surface area (Å²) in [5.74, 6) is -0.0700. The maximum Gasteiger partial charge on any atom is 0.305 e. The quantitative estimate of drug-likeness (QED) is 0.205. The summed E-state index contributed by atoms with van der Waals surface area (Å²) in [6.07, 6.45) is 18.4. The van der Waals surface area contributed by atoms with Crippen molar-refractivity contribution in [2.45, 2.75) is 115 Å². The minimum atomic E-state index is -0.0700. The summed E-state index contributed by atoms with van der Waals surface area (Å²) >= 11 is 0. The first-order valence-electron chi connectivity index (χ1n) is 10.7. The van der Waals surface area contributed by atoms with Crippen LogP contribution in [0.15, 0.2) is 0 Å². The molecule has 0 saturated carbocycles. The molecular formula is C21H38O4. The highest BCUT2D eigenvalue weighted by molar-refractivity contribution is 5.69. The van der Waals surface area contributed by atoms with Gasteiger partial charge in [0.05, 0.1) is 18.8 Å². The van der Waals surface area contributed by atoms with Crippen molar-refractivity contribution >= 4 is 5.97 Å². The van der Waals surface area contributed by atoms with E-state index >= 15 is 0 Å². The van der Waals surface area contributed by atoms with Gasteiger partial charge in [0.1, 0.15) is 12.7 Å². The number of epoxide rings is 2. The van der Waals surface area contributed by atoms with Gasteiger partial charge < -0.3 is 14.2 Å². The van der Waals surface area contributed by atoms with E-state index in [9.17, 15) is 4.79 Å². The molecule has 0 N–H and O–H groups in total. The second-order valence-corrected chi connectivity index (χ2v) is 7.71. The number of hydrogen-bond donors (Lipinski definition) is 0. The Kier molecular flexibility index (Phi) is 10.5. The van der Waals surface area contributed by atoms with Gasteiger partial charge in [0.2, 0.25) is 0 Å². The predicted octanol–water partition coefficient (Wildman–Crippen LogP) is 5.18. The Hall–Kier alpha value is -0.610. The first kappa shape index (κ1) is 20.7. The Labute approximate surface area is 154 Å². The molecule has 2 fully saturated rings. The van der Waals surface area contributed by atoms with Crippen molar-refractivity contribution < 1.29 is 19.0 Å². The van der Waals surface area contributed by atoms with Gasteiger partial charge in [0.25, 0.3) is 0 Å². The van der Waals surface area contributed by atoms with E-state index in [-0.39, 0.29) is 12.1 Å². The summed E-state index contributed by atoms with van der Waals surface area (Å²) in [4.78, 5) is 11.5. The molecule has 0 aromatic heterocycles. The molecule has 0 aromatic carbocycles. The average molecular weight is 355 g/mol. The standard InChI is InChI=1S/C21H38O4/c1-2-3-4-5-7-10-13-19-20(25-19)14-11-8-6-9-12-15-21(22)24-17-18-16-23-18/h18-20H,2-17H2,1H3/t18-,19-,20+/m0/s1. The first-order valence-corrected chi connectivity index (χ1v) is 10.7. The molecule has 2 rings (SSSR count). The number of ether oxygens (including phenoxy) is 3. The van der Waals surface area contributed by atoms with Gasteiger partial charge in [0.15, 0.2) is 0 Å². The van der Waals surface area contributed by atoms with E-state index in [4.69, 9.17) is 14.2 Å². The first-order chi connectivity index (χ1) is 12.3. The van der Waals surface area contributed by atoms with E-state index in [1.165, 1.54) is 70.6 Å². The summed E-state index contributed by atoms with van der Waals surface area (Å²) in [6, 6.07) is 0. The van der Waals surface area contributed by atoms with E-state index in [0.717, 1.165) is 19.4 Å². The van der Waals surface area contributed by atoms with Gasteiger partial charge in [-0.3, -0.25) is 4.79 Å². The van der Waals surface area contributed by atoms with Crippen molar-refractivity contribution in [3.05, 3.63) is 0 Å². The highest BCUT2D eigenvalue weighted by Crippen LogP contribution is 2.31. The Morgan fingerprint density at radius 1 is 0.880 bits per heavy atom. The van der Waals surface area contributed by atoms with Crippen LogP contribution in [-0.4, -0.2) is 37.5 Å². The van der Waals surface area contributed by atoms with Crippen LogP contribution in [0.1, 0.15) is 96.8 Å². The molecule has 0 spiro atoms. The van der Waals surface area contributed by atoms with Gasteiger partial charge in [-0.05, 0) is 19.3 Å². The molecule has 2 heterocycles. The summed E-state index contributed by atoms with van der Waals surface area (Å²) < 4.78 is 15.9. The number of hydrogen-bond acceptors (Lipinski definition) is 4. The van der Waals surface area contributed by atoms with Crippen LogP contribution in [0.5, 0.6) is 0 Å². The lowest BCUT2D eigenvalue weighted by atomic mass is 10.0. The average Bonchev–Trinajstić information content (AvgIpc) is 3.52. The normalized spacial score (nSPS) is 24.3. The summed E-state index contributed by atoms with van der Waals surface area (Å²) in [5.41, 5.74) is 0. The van der Waals surface area contributed by atoms with E-state index in [2.05, 4.69) is 6.92 Å². The fraction of sp³-hybridized carbons (Fsp3) is 0.952. The van der Waals surface area contributed by atoms with E-state index < -0.39 is 0 Å². The number of carbonyl (C=O) groups excluding carboxylic acids is 1. The lowest BCUT2D eigenvalue weighted by Crippen LogP contribution is -2.09. The zero-order chi connectivity index (χ0) is 17.7. The predicted molar refractivity (Wildman–Crippen MR) is 99.7 cm³/mol. The smallest absolute Gasteiger partial charge is 0.305 e. The van der Waals surface area contributed by atoms with Crippen molar-refractivity contribution in [3.8, 4) is 0 Å². The third-order valence-electron chi connectivity index (χ3n) is 5.23. The summed E-state index contributed by atoms with van der Waals surface area (Å²) in [6.45, 7) is 3.46. The Bertz CT molecular complexity index is 354. The molecule has 0 amide bonds. The fourth-order valence-electron chi connectivity index (χ4n) is 3.38. The molecule has 0 aliphatic carbocycles. The largest absolute Gasteiger partial charge is 0.463 e. The molecule has 0 radical (unpaired) electrons. The highest BCUT2D eigenvalue weighted by Gasteiger charge is 2.36. The van der Waals surface area contributed by atoms with Gasteiger partial charge in [-0.1, -0.05) is 71.1 Å². The van der Waals surface area contributed by atoms with Crippen LogP contribution in [0.25, 0.3) is 0 Å². The van der Waals surface area contributed by atoms with Gasteiger partial charge in [-0.25, -0.2) is 0 Å². The zero-order valence-electron chi connectivity index (χ0n) is 16.2. The molecular weight excluding hydrogens is 316 g/mol. The highest BCUT2D eigenvalue weighted by atomic mass is 16.6. The maximum absolute atomic E-state index is 11.5. The van der Waals surface area contributed by atoms with Crippen molar-refractivity contribution in [2.75, 3.05) is 13.2 Å². The molecule has 4 nitrogen and oxygen atoms in total. The van der Waals surface area contributed by atoms with Gasteiger partial charge in [-0.15, -0.1) is 0 Å². The van der Waals surface area contributed by atoms with Crippen molar-refractivity contribution in [3.63, 3.8) is 0 Å².